The third-order valence-corrected chi connectivity index (χ3v) is 4.12. The van der Waals surface area contributed by atoms with Gasteiger partial charge in [-0.1, -0.05) is 50.6 Å². The standard InChI is InChI=1S/C17H27N/c1-17(2)12-6-11-16(14-17)18-13-7-10-15-8-4-3-5-9-15/h3-5,8-9,16,18H,6-7,10-14H2,1-2H3. The molecule has 2 rings (SSSR count). The van der Waals surface area contributed by atoms with Crippen molar-refractivity contribution in [2.75, 3.05) is 6.54 Å². The van der Waals surface area contributed by atoms with Crippen molar-refractivity contribution in [1.29, 1.82) is 0 Å². The SMILES string of the molecule is CC1(C)CCCC(NCCCc2ccccc2)C1. The fourth-order valence-corrected chi connectivity index (χ4v) is 3.12. The van der Waals surface area contributed by atoms with Crippen molar-refractivity contribution in [2.45, 2.75) is 58.4 Å². The van der Waals surface area contributed by atoms with Crippen LogP contribution in [0.2, 0.25) is 0 Å². The lowest BCUT2D eigenvalue weighted by Crippen LogP contribution is -2.37. The molecule has 0 saturated heterocycles. The summed E-state index contributed by atoms with van der Waals surface area (Å²) in [5, 5.41) is 3.75. The highest BCUT2D eigenvalue weighted by molar-refractivity contribution is 5.14. The van der Waals surface area contributed by atoms with Gasteiger partial charge in [0, 0.05) is 6.04 Å². The molecule has 0 radical (unpaired) electrons. The van der Waals surface area contributed by atoms with Crippen molar-refractivity contribution in [3.63, 3.8) is 0 Å². The molecule has 100 valence electrons. The van der Waals surface area contributed by atoms with Crippen LogP contribution in [-0.2, 0) is 6.42 Å². The zero-order valence-electron chi connectivity index (χ0n) is 11.9. The van der Waals surface area contributed by atoms with E-state index in [2.05, 4.69) is 49.5 Å². The van der Waals surface area contributed by atoms with Crippen LogP contribution in [-0.4, -0.2) is 12.6 Å². The molecule has 1 fully saturated rings. The maximum atomic E-state index is 3.75. The summed E-state index contributed by atoms with van der Waals surface area (Å²) >= 11 is 0. The predicted molar refractivity (Wildman–Crippen MR) is 78.8 cm³/mol. The Morgan fingerprint density at radius 3 is 2.72 bits per heavy atom. The lowest BCUT2D eigenvalue weighted by Gasteiger charge is -2.35. The second kappa shape index (κ2) is 6.38. The third-order valence-electron chi connectivity index (χ3n) is 4.12. The largest absolute Gasteiger partial charge is 0.314 e. The molecule has 1 aromatic rings. The molecule has 1 heteroatoms. The summed E-state index contributed by atoms with van der Waals surface area (Å²) in [5.41, 5.74) is 2.01. The first kappa shape index (κ1) is 13.6. The predicted octanol–water partition coefficient (Wildman–Crippen LogP) is 4.18. The quantitative estimate of drug-likeness (QED) is 0.767. The lowest BCUT2D eigenvalue weighted by atomic mass is 9.75. The molecule has 1 nitrogen and oxygen atoms in total. The van der Waals surface area contributed by atoms with E-state index in [1.807, 2.05) is 0 Å². The van der Waals surface area contributed by atoms with Crippen LogP contribution < -0.4 is 5.32 Å². The Morgan fingerprint density at radius 2 is 2.00 bits per heavy atom. The Morgan fingerprint density at radius 1 is 1.22 bits per heavy atom. The van der Waals surface area contributed by atoms with Gasteiger partial charge in [0.1, 0.15) is 0 Å². The van der Waals surface area contributed by atoms with E-state index in [0.29, 0.717) is 5.41 Å². The van der Waals surface area contributed by atoms with Gasteiger partial charge in [0.2, 0.25) is 0 Å². The van der Waals surface area contributed by atoms with Crippen LogP contribution in [0.4, 0.5) is 0 Å². The minimum Gasteiger partial charge on any atom is -0.314 e. The van der Waals surface area contributed by atoms with E-state index in [4.69, 9.17) is 0 Å². The Bertz CT molecular complexity index is 342. The molecule has 1 saturated carbocycles. The number of rotatable bonds is 5. The zero-order valence-corrected chi connectivity index (χ0v) is 11.9. The van der Waals surface area contributed by atoms with Crippen LogP contribution in [0.1, 0.15) is 51.5 Å². The fraction of sp³-hybridized carbons (Fsp3) is 0.647. The van der Waals surface area contributed by atoms with Crippen molar-refractivity contribution in [1.82, 2.24) is 5.32 Å². The number of nitrogens with one attached hydrogen (secondary N) is 1. The van der Waals surface area contributed by atoms with Crippen LogP contribution in [0.3, 0.4) is 0 Å². The summed E-state index contributed by atoms with van der Waals surface area (Å²) in [7, 11) is 0. The molecule has 0 aliphatic heterocycles. The van der Waals surface area contributed by atoms with Gasteiger partial charge in [-0.15, -0.1) is 0 Å². The molecule has 0 bridgehead atoms. The first-order chi connectivity index (χ1) is 8.66. The fourth-order valence-electron chi connectivity index (χ4n) is 3.12. The van der Waals surface area contributed by atoms with Gasteiger partial charge in [-0.2, -0.15) is 0 Å². The molecule has 1 aliphatic rings. The van der Waals surface area contributed by atoms with Crippen LogP contribution >= 0.6 is 0 Å². The van der Waals surface area contributed by atoms with Crippen molar-refractivity contribution in [3.05, 3.63) is 35.9 Å². The Balaban J connectivity index is 1.64. The molecular formula is C17H27N. The molecule has 18 heavy (non-hydrogen) atoms. The summed E-state index contributed by atoms with van der Waals surface area (Å²) in [6, 6.07) is 11.6. The summed E-state index contributed by atoms with van der Waals surface area (Å²) in [4.78, 5) is 0. The summed E-state index contributed by atoms with van der Waals surface area (Å²) in [6.07, 6.45) is 7.95. The van der Waals surface area contributed by atoms with Crippen LogP contribution in [0, 0.1) is 5.41 Å². The van der Waals surface area contributed by atoms with Gasteiger partial charge in [-0.05, 0) is 49.6 Å². The van der Waals surface area contributed by atoms with Gasteiger partial charge >= 0.3 is 0 Å². The Labute approximate surface area is 112 Å². The second-order valence-corrected chi connectivity index (χ2v) is 6.50. The van der Waals surface area contributed by atoms with Gasteiger partial charge in [-0.3, -0.25) is 0 Å². The summed E-state index contributed by atoms with van der Waals surface area (Å²) in [6.45, 7) is 5.98. The summed E-state index contributed by atoms with van der Waals surface area (Å²) in [5.74, 6) is 0. The van der Waals surface area contributed by atoms with Gasteiger partial charge in [0.25, 0.3) is 0 Å². The van der Waals surface area contributed by atoms with Gasteiger partial charge in [0.05, 0.1) is 0 Å². The molecule has 0 heterocycles. The van der Waals surface area contributed by atoms with Crippen molar-refractivity contribution >= 4 is 0 Å². The molecule has 1 aromatic carbocycles. The number of hydrogen-bond acceptors (Lipinski definition) is 1. The van der Waals surface area contributed by atoms with E-state index < -0.39 is 0 Å². The van der Waals surface area contributed by atoms with E-state index >= 15 is 0 Å². The van der Waals surface area contributed by atoms with Crippen molar-refractivity contribution in [2.24, 2.45) is 5.41 Å². The highest BCUT2D eigenvalue weighted by atomic mass is 14.9. The second-order valence-electron chi connectivity index (χ2n) is 6.50. The molecule has 1 atom stereocenters. The lowest BCUT2D eigenvalue weighted by molar-refractivity contribution is 0.198. The Hall–Kier alpha value is -0.820. The van der Waals surface area contributed by atoms with Crippen molar-refractivity contribution in [3.8, 4) is 0 Å². The maximum absolute atomic E-state index is 3.75. The molecule has 0 aromatic heterocycles. The molecule has 0 amide bonds. The van der Waals surface area contributed by atoms with Gasteiger partial charge in [0.15, 0.2) is 0 Å². The summed E-state index contributed by atoms with van der Waals surface area (Å²) < 4.78 is 0. The van der Waals surface area contributed by atoms with Crippen LogP contribution in [0.5, 0.6) is 0 Å². The Kier molecular flexibility index (Phi) is 4.82. The average molecular weight is 245 g/mol. The van der Waals surface area contributed by atoms with Gasteiger partial charge in [-0.25, -0.2) is 0 Å². The molecular weight excluding hydrogens is 218 g/mol. The van der Waals surface area contributed by atoms with Crippen molar-refractivity contribution < 1.29 is 0 Å². The topological polar surface area (TPSA) is 12.0 Å². The first-order valence-electron chi connectivity index (χ1n) is 7.43. The van der Waals surface area contributed by atoms with Gasteiger partial charge < -0.3 is 5.32 Å². The number of hydrogen-bond donors (Lipinski definition) is 1. The van der Waals surface area contributed by atoms with E-state index in [0.717, 1.165) is 12.6 Å². The van der Waals surface area contributed by atoms with E-state index in [9.17, 15) is 0 Å². The average Bonchev–Trinajstić information content (AvgIpc) is 2.35. The molecule has 1 unspecified atom stereocenters. The zero-order chi connectivity index (χ0) is 12.8. The number of benzene rings is 1. The van der Waals surface area contributed by atoms with E-state index in [-0.39, 0.29) is 0 Å². The highest BCUT2D eigenvalue weighted by Gasteiger charge is 2.27. The molecule has 1 N–H and O–H groups in total. The van der Waals surface area contributed by atoms with Crippen LogP contribution in [0.25, 0.3) is 0 Å². The molecule has 0 spiro atoms. The van der Waals surface area contributed by atoms with Crippen LogP contribution in [0.15, 0.2) is 30.3 Å². The monoisotopic (exact) mass is 245 g/mol. The first-order valence-corrected chi connectivity index (χ1v) is 7.43. The smallest absolute Gasteiger partial charge is 0.00721 e. The van der Waals surface area contributed by atoms with E-state index in [1.165, 1.54) is 44.1 Å². The number of aryl methyl sites for hydroxylation is 1. The highest BCUT2D eigenvalue weighted by Crippen LogP contribution is 2.34. The minimum absolute atomic E-state index is 0.551. The molecule has 1 aliphatic carbocycles. The normalized spacial score (nSPS) is 22.9. The van der Waals surface area contributed by atoms with E-state index in [1.54, 1.807) is 0 Å². The third kappa shape index (κ3) is 4.45. The maximum Gasteiger partial charge on any atom is 0.00721 e. The minimum atomic E-state index is 0.551.